The summed E-state index contributed by atoms with van der Waals surface area (Å²) >= 11 is 0. The number of aryl methyl sites for hydroxylation is 1. The fourth-order valence-corrected chi connectivity index (χ4v) is 3.19. The minimum atomic E-state index is -0.217. The van der Waals surface area contributed by atoms with Crippen molar-refractivity contribution in [3.8, 4) is 0 Å². The molecule has 2 aliphatic heterocycles. The first-order valence-corrected chi connectivity index (χ1v) is 7.91. The Hall–Kier alpha value is -1.39. The summed E-state index contributed by atoms with van der Waals surface area (Å²) in [6.45, 7) is 2.13. The van der Waals surface area contributed by atoms with E-state index in [1.54, 1.807) is 0 Å². The van der Waals surface area contributed by atoms with Gasteiger partial charge in [0.2, 0.25) is 5.91 Å². The highest BCUT2D eigenvalue weighted by atomic mass is 16.7. The Labute approximate surface area is 126 Å². The number of amides is 1. The van der Waals surface area contributed by atoms with Gasteiger partial charge in [0.25, 0.3) is 0 Å². The molecule has 0 bridgehead atoms. The predicted molar refractivity (Wildman–Crippen MR) is 79.8 cm³/mol. The second-order valence-electron chi connectivity index (χ2n) is 5.75. The molecule has 2 saturated heterocycles. The van der Waals surface area contributed by atoms with Crippen molar-refractivity contribution in [2.75, 3.05) is 19.8 Å². The van der Waals surface area contributed by atoms with Gasteiger partial charge in [0.15, 0.2) is 6.29 Å². The van der Waals surface area contributed by atoms with E-state index in [-0.39, 0.29) is 18.2 Å². The van der Waals surface area contributed by atoms with Crippen molar-refractivity contribution in [2.45, 2.75) is 44.4 Å². The molecule has 4 nitrogen and oxygen atoms in total. The standard InChI is InChI=1S/C17H23NO3/c19-16(10-9-14-6-2-1-3-7-14)18-11-5-4-8-15(18)17-20-12-13-21-17/h1-3,6-7,15,17H,4-5,8-13H2/t15-/m0/s1. The molecule has 0 unspecified atom stereocenters. The van der Waals surface area contributed by atoms with E-state index in [2.05, 4.69) is 12.1 Å². The van der Waals surface area contributed by atoms with Crippen molar-refractivity contribution in [3.63, 3.8) is 0 Å². The number of likely N-dealkylation sites (tertiary alicyclic amines) is 1. The van der Waals surface area contributed by atoms with Gasteiger partial charge in [-0.05, 0) is 31.2 Å². The van der Waals surface area contributed by atoms with E-state index in [9.17, 15) is 4.79 Å². The molecule has 0 spiro atoms. The lowest BCUT2D eigenvalue weighted by Crippen LogP contribution is -2.50. The molecule has 1 aromatic carbocycles. The molecule has 0 N–H and O–H groups in total. The molecule has 114 valence electrons. The van der Waals surface area contributed by atoms with Gasteiger partial charge in [-0.1, -0.05) is 30.3 Å². The summed E-state index contributed by atoms with van der Waals surface area (Å²) in [6, 6.07) is 10.3. The smallest absolute Gasteiger partial charge is 0.223 e. The largest absolute Gasteiger partial charge is 0.348 e. The van der Waals surface area contributed by atoms with Gasteiger partial charge in [-0.3, -0.25) is 4.79 Å². The number of carbonyl (C=O) groups excluding carboxylic acids is 1. The Kier molecular flexibility index (Phi) is 4.88. The topological polar surface area (TPSA) is 38.8 Å². The number of nitrogens with zero attached hydrogens (tertiary/aromatic N) is 1. The van der Waals surface area contributed by atoms with Gasteiger partial charge in [-0.15, -0.1) is 0 Å². The summed E-state index contributed by atoms with van der Waals surface area (Å²) < 4.78 is 11.2. The summed E-state index contributed by atoms with van der Waals surface area (Å²) in [5.41, 5.74) is 1.22. The Morgan fingerprint density at radius 1 is 1.14 bits per heavy atom. The highest BCUT2D eigenvalue weighted by Crippen LogP contribution is 2.25. The van der Waals surface area contributed by atoms with E-state index in [1.165, 1.54) is 5.56 Å². The fraction of sp³-hybridized carbons (Fsp3) is 0.588. The summed E-state index contributed by atoms with van der Waals surface area (Å²) in [5, 5.41) is 0. The number of rotatable bonds is 4. The van der Waals surface area contributed by atoms with Crippen molar-refractivity contribution in [3.05, 3.63) is 35.9 Å². The van der Waals surface area contributed by atoms with Crippen molar-refractivity contribution >= 4 is 5.91 Å². The average molecular weight is 289 g/mol. The molecule has 0 aliphatic carbocycles. The van der Waals surface area contributed by atoms with E-state index in [0.29, 0.717) is 19.6 Å². The van der Waals surface area contributed by atoms with E-state index in [1.807, 2.05) is 23.1 Å². The maximum atomic E-state index is 12.6. The van der Waals surface area contributed by atoms with Crippen LogP contribution >= 0.6 is 0 Å². The SMILES string of the molecule is O=C(CCc1ccccc1)N1CCCC[C@H]1C1OCCO1. The molecule has 2 heterocycles. The third-order valence-electron chi connectivity index (χ3n) is 4.30. The summed E-state index contributed by atoms with van der Waals surface area (Å²) in [5.74, 6) is 0.225. The zero-order valence-corrected chi connectivity index (χ0v) is 12.4. The number of piperidine rings is 1. The lowest BCUT2D eigenvalue weighted by atomic mass is 10.00. The van der Waals surface area contributed by atoms with Crippen molar-refractivity contribution in [2.24, 2.45) is 0 Å². The zero-order chi connectivity index (χ0) is 14.5. The van der Waals surface area contributed by atoms with Crippen LogP contribution in [-0.4, -0.2) is 42.9 Å². The molecular formula is C17H23NO3. The molecule has 2 fully saturated rings. The molecule has 21 heavy (non-hydrogen) atoms. The molecule has 0 radical (unpaired) electrons. The van der Waals surface area contributed by atoms with Gasteiger partial charge in [-0.2, -0.15) is 0 Å². The first-order chi connectivity index (χ1) is 10.3. The third kappa shape index (κ3) is 3.63. The van der Waals surface area contributed by atoms with Gasteiger partial charge in [0.05, 0.1) is 19.3 Å². The van der Waals surface area contributed by atoms with E-state index >= 15 is 0 Å². The Morgan fingerprint density at radius 3 is 2.67 bits per heavy atom. The van der Waals surface area contributed by atoms with Gasteiger partial charge in [-0.25, -0.2) is 0 Å². The van der Waals surface area contributed by atoms with Crippen LogP contribution in [0.1, 0.15) is 31.2 Å². The minimum absolute atomic E-state index is 0.101. The van der Waals surface area contributed by atoms with Crippen LogP contribution in [0.3, 0.4) is 0 Å². The lowest BCUT2D eigenvalue weighted by Gasteiger charge is -2.38. The van der Waals surface area contributed by atoms with Crippen LogP contribution < -0.4 is 0 Å². The average Bonchev–Trinajstić information content (AvgIpc) is 3.08. The number of carbonyl (C=O) groups is 1. The van der Waals surface area contributed by atoms with Crippen LogP contribution in [0.5, 0.6) is 0 Å². The van der Waals surface area contributed by atoms with Crippen molar-refractivity contribution in [1.82, 2.24) is 4.90 Å². The van der Waals surface area contributed by atoms with Crippen LogP contribution in [0.25, 0.3) is 0 Å². The molecule has 1 aromatic rings. The minimum Gasteiger partial charge on any atom is -0.348 e. The number of hydrogen-bond donors (Lipinski definition) is 0. The van der Waals surface area contributed by atoms with Gasteiger partial charge in [0, 0.05) is 13.0 Å². The number of hydrogen-bond acceptors (Lipinski definition) is 3. The summed E-state index contributed by atoms with van der Waals surface area (Å²) in [7, 11) is 0. The monoisotopic (exact) mass is 289 g/mol. The molecule has 1 atom stereocenters. The van der Waals surface area contributed by atoms with Crippen LogP contribution in [0.4, 0.5) is 0 Å². The molecule has 0 aromatic heterocycles. The van der Waals surface area contributed by atoms with Gasteiger partial charge >= 0.3 is 0 Å². The maximum Gasteiger partial charge on any atom is 0.223 e. The summed E-state index contributed by atoms with van der Waals surface area (Å²) in [4.78, 5) is 14.5. The molecular weight excluding hydrogens is 266 g/mol. The summed E-state index contributed by atoms with van der Waals surface area (Å²) in [6.07, 6.45) is 4.37. The number of ether oxygens (including phenoxy) is 2. The first kappa shape index (κ1) is 14.5. The molecule has 3 rings (SSSR count). The van der Waals surface area contributed by atoms with E-state index < -0.39 is 0 Å². The van der Waals surface area contributed by atoms with Crippen molar-refractivity contribution in [1.29, 1.82) is 0 Å². The Morgan fingerprint density at radius 2 is 1.90 bits per heavy atom. The second-order valence-corrected chi connectivity index (χ2v) is 5.75. The van der Waals surface area contributed by atoms with Crippen LogP contribution in [0, 0.1) is 0 Å². The molecule has 4 heteroatoms. The van der Waals surface area contributed by atoms with Crippen molar-refractivity contribution < 1.29 is 14.3 Å². The normalized spacial score (nSPS) is 23.4. The fourth-order valence-electron chi connectivity index (χ4n) is 3.19. The molecule has 2 aliphatic rings. The predicted octanol–water partition coefficient (Wildman–Crippen LogP) is 2.37. The molecule has 1 amide bonds. The maximum absolute atomic E-state index is 12.6. The zero-order valence-electron chi connectivity index (χ0n) is 12.4. The Balaban J connectivity index is 1.58. The van der Waals surface area contributed by atoms with Crippen LogP contribution in [0.2, 0.25) is 0 Å². The first-order valence-electron chi connectivity index (χ1n) is 7.91. The Bertz CT molecular complexity index is 456. The third-order valence-corrected chi connectivity index (χ3v) is 4.30. The van der Waals surface area contributed by atoms with E-state index in [0.717, 1.165) is 32.2 Å². The van der Waals surface area contributed by atoms with Gasteiger partial charge < -0.3 is 14.4 Å². The van der Waals surface area contributed by atoms with Gasteiger partial charge in [0.1, 0.15) is 0 Å². The highest BCUT2D eigenvalue weighted by Gasteiger charge is 2.35. The quantitative estimate of drug-likeness (QED) is 0.854. The van der Waals surface area contributed by atoms with E-state index in [4.69, 9.17) is 9.47 Å². The molecule has 0 saturated carbocycles. The number of benzene rings is 1. The van der Waals surface area contributed by atoms with Crippen LogP contribution in [0.15, 0.2) is 30.3 Å². The lowest BCUT2D eigenvalue weighted by molar-refractivity contribution is -0.150. The highest BCUT2D eigenvalue weighted by molar-refractivity contribution is 5.77. The van der Waals surface area contributed by atoms with Crippen LogP contribution in [-0.2, 0) is 20.7 Å². The second kappa shape index (κ2) is 7.05.